The van der Waals surface area contributed by atoms with Gasteiger partial charge < -0.3 is 16.0 Å². The molecule has 0 saturated heterocycles. The number of carbonyl (C=O) groups is 3. The zero-order chi connectivity index (χ0) is 15.7. The Labute approximate surface area is 123 Å². The standard InChI is InChI=1S/C15H19N3O3/c1-11(19)18-14(8-7-13(20)9-16)15(21)17-10-12-5-3-2-4-6-12/h2-6,9,14,16H,7-8,10H2,1H3,(H,17,21)(H,18,19)/t14-/m0/s1. The summed E-state index contributed by atoms with van der Waals surface area (Å²) in [4.78, 5) is 34.3. The quantitative estimate of drug-likeness (QED) is 0.617. The third-order valence-electron chi connectivity index (χ3n) is 2.84. The summed E-state index contributed by atoms with van der Waals surface area (Å²) in [5.74, 6) is -1.05. The molecular formula is C15H19N3O3. The molecule has 6 heteroatoms. The summed E-state index contributed by atoms with van der Waals surface area (Å²) in [6.07, 6.45) is 0.939. The first-order chi connectivity index (χ1) is 10.0. The van der Waals surface area contributed by atoms with Crippen molar-refractivity contribution in [2.24, 2.45) is 0 Å². The number of benzene rings is 1. The summed E-state index contributed by atoms with van der Waals surface area (Å²) in [6.45, 7) is 1.67. The minimum absolute atomic E-state index is 0.0488. The number of amides is 2. The molecule has 1 rings (SSSR count). The molecule has 0 bridgehead atoms. The Morgan fingerprint density at radius 1 is 1.24 bits per heavy atom. The van der Waals surface area contributed by atoms with Gasteiger partial charge in [-0.05, 0) is 12.0 Å². The lowest BCUT2D eigenvalue weighted by Crippen LogP contribution is -2.46. The molecule has 112 valence electrons. The molecule has 0 radical (unpaired) electrons. The van der Waals surface area contributed by atoms with Crippen molar-refractivity contribution >= 4 is 23.8 Å². The average Bonchev–Trinajstić information content (AvgIpc) is 2.49. The lowest BCUT2D eigenvalue weighted by Gasteiger charge is -2.17. The van der Waals surface area contributed by atoms with E-state index in [4.69, 9.17) is 5.41 Å². The molecule has 6 nitrogen and oxygen atoms in total. The second kappa shape index (κ2) is 8.63. The van der Waals surface area contributed by atoms with Crippen LogP contribution in [0.5, 0.6) is 0 Å². The van der Waals surface area contributed by atoms with Crippen molar-refractivity contribution in [2.75, 3.05) is 0 Å². The molecule has 0 fully saturated rings. The van der Waals surface area contributed by atoms with Gasteiger partial charge in [0.05, 0.1) is 6.21 Å². The number of carbonyl (C=O) groups excluding carboxylic acids is 3. The molecule has 0 aliphatic carbocycles. The molecule has 0 spiro atoms. The third-order valence-corrected chi connectivity index (χ3v) is 2.84. The predicted octanol–water partition coefficient (Wildman–Crippen LogP) is 0.806. The molecule has 0 heterocycles. The molecule has 0 aliphatic heterocycles. The zero-order valence-corrected chi connectivity index (χ0v) is 11.9. The van der Waals surface area contributed by atoms with Gasteiger partial charge in [0, 0.05) is 19.9 Å². The Hall–Kier alpha value is -2.50. The van der Waals surface area contributed by atoms with Gasteiger partial charge in [-0.2, -0.15) is 0 Å². The minimum Gasteiger partial charge on any atom is -0.350 e. The van der Waals surface area contributed by atoms with E-state index in [1.807, 2.05) is 30.3 Å². The van der Waals surface area contributed by atoms with Gasteiger partial charge in [0.15, 0.2) is 5.78 Å². The molecule has 1 atom stereocenters. The van der Waals surface area contributed by atoms with Crippen molar-refractivity contribution in [1.82, 2.24) is 10.6 Å². The fourth-order valence-corrected chi connectivity index (χ4v) is 1.78. The third kappa shape index (κ3) is 6.47. The van der Waals surface area contributed by atoms with Crippen LogP contribution >= 0.6 is 0 Å². The maximum Gasteiger partial charge on any atom is 0.242 e. The van der Waals surface area contributed by atoms with E-state index in [-0.39, 0.29) is 30.4 Å². The summed E-state index contributed by atoms with van der Waals surface area (Å²) >= 11 is 0. The lowest BCUT2D eigenvalue weighted by atomic mass is 10.1. The highest BCUT2D eigenvalue weighted by Crippen LogP contribution is 2.01. The summed E-state index contributed by atoms with van der Waals surface area (Å²) in [5, 5.41) is 12.1. The van der Waals surface area contributed by atoms with Crippen molar-refractivity contribution in [3.05, 3.63) is 35.9 Å². The van der Waals surface area contributed by atoms with Crippen LogP contribution in [0.25, 0.3) is 0 Å². The fourth-order valence-electron chi connectivity index (χ4n) is 1.78. The Balaban J connectivity index is 2.55. The van der Waals surface area contributed by atoms with Gasteiger partial charge in [-0.25, -0.2) is 0 Å². The highest BCUT2D eigenvalue weighted by atomic mass is 16.2. The van der Waals surface area contributed by atoms with Crippen molar-refractivity contribution in [3.63, 3.8) is 0 Å². The smallest absolute Gasteiger partial charge is 0.242 e. The van der Waals surface area contributed by atoms with E-state index in [0.717, 1.165) is 5.56 Å². The van der Waals surface area contributed by atoms with Crippen LogP contribution in [0.1, 0.15) is 25.3 Å². The number of hydrogen-bond donors (Lipinski definition) is 3. The van der Waals surface area contributed by atoms with Crippen molar-refractivity contribution in [3.8, 4) is 0 Å². The summed E-state index contributed by atoms with van der Waals surface area (Å²) in [7, 11) is 0. The molecule has 0 aliphatic rings. The molecule has 1 aromatic rings. The molecule has 2 amide bonds. The molecule has 1 aromatic carbocycles. The molecule has 0 saturated carbocycles. The van der Waals surface area contributed by atoms with Crippen LogP contribution in [0.4, 0.5) is 0 Å². The van der Waals surface area contributed by atoms with E-state index in [0.29, 0.717) is 12.8 Å². The van der Waals surface area contributed by atoms with Crippen molar-refractivity contribution in [1.29, 1.82) is 5.41 Å². The minimum atomic E-state index is -0.768. The lowest BCUT2D eigenvalue weighted by molar-refractivity contribution is -0.128. The largest absolute Gasteiger partial charge is 0.350 e. The summed E-state index contributed by atoms with van der Waals surface area (Å²) in [5.41, 5.74) is 0.947. The Morgan fingerprint density at radius 3 is 2.48 bits per heavy atom. The van der Waals surface area contributed by atoms with E-state index >= 15 is 0 Å². The van der Waals surface area contributed by atoms with Crippen LogP contribution in [-0.2, 0) is 20.9 Å². The predicted molar refractivity (Wildman–Crippen MR) is 78.9 cm³/mol. The second-order valence-corrected chi connectivity index (χ2v) is 4.61. The Morgan fingerprint density at radius 2 is 1.90 bits per heavy atom. The number of hydrogen-bond acceptors (Lipinski definition) is 4. The van der Waals surface area contributed by atoms with Gasteiger partial charge in [0.1, 0.15) is 6.04 Å². The van der Waals surface area contributed by atoms with E-state index in [1.54, 1.807) is 0 Å². The molecular weight excluding hydrogens is 270 g/mol. The van der Waals surface area contributed by atoms with Crippen LogP contribution in [0.3, 0.4) is 0 Å². The molecule has 0 aromatic heterocycles. The van der Waals surface area contributed by atoms with Gasteiger partial charge in [-0.15, -0.1) is 0 Å². The SMILES string of the molecule is CC(=O)N[C@@H](CCC(=O)C=N)C(=O)NCc1ccccc1. The van der Waals surface area contributed by atoms with E-state index in [2.05, 4.69) is 10.6 Å². The Kier molecular flexibility index (Phi) is 6.80. The monoisotopic (exact) mass is 289 g/mol. The summed E-state index contributed by atoms with van der Waals surface area (Å²) < 4.78 is 0. The maximum atomic E-state index is 12.1. The van der Waals surface area contributed by atoms with Gasteiger partial charge in [0.2, 0.25) is 11.8 Å². The molecule has 21 heavy (non-hydrogen) atoms. The first-order valence-electron chi connectivity index (χ1n) is 6.65. The number of ketones is 1. The normalized spacial score (nSPS) is 11.3. The van der Waals surface area contributed by atoms with Gasteiger partial charge >= 0.3 is 0 Å². The Bertz CT molecular complexity index is 514. The summed E-state index contributed by atoms with van der Waals surface area (Å²) in [6, 6.07) is 8.62. The highest BCUT2D eigenvalue weighted by molar-refractivity contribution is 6.26. The maximum absolute atomic E-state index is 12.1. The first kappa shape index (κ1) is 16.6. The van der Waals surface area contributed by atoms with Gasteiger partial charge in [-0.1, -0.05) is 30.3 Å². The van der Waals surface area contributed by atoms with E-state index < -0.39 is 6.04 Å². The second-order valence-electron chi connectivity index (χ2n) is 4.61. The molecule has 3 N–H and O–H groups in total. The van der Waals surface area contributed by atoms with Crippen LogP contribution < -0.4 is 10.6 Å². The van der Waals surface area contributed by atoms with Gasteiger partial charge in [0.25, 0.3) is 0 Å². The topological polar surface area (TPSA) is 99.1 Å². The van der Waals surface area contributed by atoms with Crippen molar-refractivity contribution in [2.45, 2.75) is 32.4 Å². The first-order valence-corrected chi connectivity index (χ1v) is 6.65. The van der Waals surface area contributed by atoms with E-state index in [1.165, 1.54) is 6.92 Å². The number of Topliss-reactive ketones (excluding diaryl/α,β-unsaturated/α-hetero) is 1. The molecule has 0 unspecified atom stereocenters. The van der Waals surface area contributed by atoms with Crippen LogP contribution in [-0.4, -0.2) is 29.9 Å². The zero-order valence-electron chi connectivity index (χ0n) is 11.9. The van der Waals surface area contributed by atoms with Crippen LogP contribution in [0.2, 0.25) is 0 Å². The average molecular weight is 289 g/mol. The highest BCUT2D eigenvalue weighted by Gasteiger charge is 2.19. The van der Waals surface area contributed by atoms with Gasteiger partial charge in [-0.3, -0.25) is 14.4 Å². The van der Waals surface area contributed by atoms with E-state index in [9.17, 15) is 14.4 Å². The number of rotatable bonds is 8. The van der Waals surface area contributed by atoms with Crippen molar-refractivity contribution < 1.29 is 14.4 Å². The van der Waals surface area contributed by atoms with Crippen LogP contribution in [0, 0.1) is 5.41 Å². The number of nitrogens with one attached hydrogen (secondary N) is 3. The fraction of sp³-hybridized carbons (Fsp3) is 0.333. The van der Waals surface area contributed by atoms with Crippen LogP contribution in [0.15, 0.2) is 30.3 Å².